The molecule has 1 unspecified atom stereocenters. The maximum absolute atomic E-state index is 12.7. The zero-order valence-corrected chi connectivity index (χ0v) is 14.2. The molecule has 1 aliphatic heterocycles. The number of nitrogens with zero attached hydrogens (tertiary/aromatic N) is 2. The van der Waals surface area contributed by atoms with Gasteiger partial charge in [-0.1, -0.05) is 30.3 Å². The maximum Gasteiger partial charge on any atom is 0.313 e. The molecule has 7 heteroatoms. The molecule has 1 aliphatic rings. The summed E-state index contributed by atoms with van der Waals surface area (Å²) in [6.07, 6.45) is 5.36. The number of nitrogens with one attached hydrogen (secondary N) is 1. The van der Waals surface area contributed by atoms with Crippen LogP contribution >= 0.6 is 0 Å². The molecule has 0 aliphatic carbocycles. The van der Waals surface area contributed by atoms with E-state index in [0.717, 1.165) is 24.8 Å². The third kappa shape index (κ3) is 3.88. The number of carbonyl (C=O) groups is 3. The number of rotatable bonds is 3. The van der Waals surface area contributed by atoms with Gasteiger partial charge in [0.25, 0.3) is 0 Å². The number of nitrogens with two attached hydrogens (primary N) is 1. The molecule has 0 bridgehead atoms. The van der Waals surface area contributed by atoms with Crippen molar-refractivity contribution in [3.8, 4) is 0 Å². The van der Waals surface area contributed by atoms with Crippen molar-refractivity contribution in [2.45, 2.75) is 25.3 Å². The van der Waals surface area contributed by atoms with E-state index in [1.54, 1.807) is 4.90 Å². The molecule has 3 N–H and O–H groups in total. The van der Waals surface area contributed by atoms with Crippen LogP contribution in [0.5, 0.6) is 0 Å². The summed E-state index contributed by atoms with van der Waals surface area (Å²) < 4.78 is 0. The molecule has 1 saturated heterocycles. The van der Waals surface area contributed by atoms with Crippen LogP contribution < -0.4 is 11.1 Å². The molecular formula is C19H20N4O3. The highest BCUT2D eigenvalue weighted by Crippen LogP contribution is 2.30. The normalized spacial score (nSPS) is 16.8. The molecule has 0 spiro atoms. The lowest BCUT2D eigenvalue weighted by Gasteiger charge is -2.35. The third-order valence-electron chi connectivity index (χ3n) is 4.42. The number of carbonyl (C=O) groups excluding carboxylic acids is 3. The van der Waals surface area contributed by atoms with Gasteiger partial charge in [-0.3, -0.25) is 19.4 Å². The fraction of sp³-hybridized carbons (Fsp3) is 0.263. The summed E-state index contributed by atoms with van der Waals surface area (Å²) in [5.41, 5.74) is 6.64. The summed E-state index contributed by atoms with van der Waals surface area (Å²) >= 11 is 0. The summed E-state index contributed by atoms with van der Waals surface area (Å²) in [4.78, 5) is 41.8. The fourth-order valence-corrected chi connectivity index (χ4v) is 3.15. The molecular weight excluding hydrogens is 332 g/mol. The highest BCUT2D eigenvalue weighted by atomic mass is 16.2. The molecule has 7 nitrogen and oxygen atoms in total. The lowest BCUT2D eigenvalue weighted by molar-refractivity contribution is -0.145. The molecule has 1 atom stereocenters. The van der Waals surface area contributed by atoms with E-state index in [4.69, 9.17) is 5.73 Å². The van der Waals surface area contributed by atoms with Crippen molar-refractivity contribution in [3.63, 3.8) is 0 Å². The minimum atomic E-state index is -0.753. The van der Waals surface area contributed by atoms with E-state index in [9.17, 15) is 14.4 Å². The quantitative estimate of drug-likeness (QED) is 0.823. The van der Waals surface area contributed by atoms with Crippen molar-refractivity contribution in [1.82, 2.24) is 9.88 Å². The number of pyridine rings is 1. The van der Waals surface area contributed by atoms with E-state index in [0.29, 0.717) is 6.54 Å². The highest BCUT2D eigenvalue weighted by Gasteiger charge is 2.31. The predicted molar refractivity (Wildman–Crippen MR) is 96.1 cm³/mol. The number of anilines is 1. The number of benzene rings is 1. The Balaban J connectivity index is 1.75. The predicted octanol–water partition coefficient (Wildman–Crippen LogP) is 1.87. The Morgan fingerprint density at radius 2 is 1.88 bits per heavy atom. The van der Waals surface area contributed by atoms with Gasteiger partial charge in [-0.2, -0.15) is 0 Å². The minimum absolute atomic E-state index is 0.113. The van der Waals surface area contributed by atoms with Gasteiger partial charge in [-0.25, -0.2) is 0 Å². The molecule has 0 radical (unpaired) electrons. The van der Waals surface area contributed by atoms with Crippen LogP contribution in [0.2, 0.25) is 0 Å². The van der Waals surface area contributed by atoms with E-state index in [1.807, 2.05) is 30.3 Å². The number of hydrogen-bond donors (Lipinski definition) is 2. The van der Waals surface area contributed by atoms with Gasteiger partial charge in [0.15, 0.2) is 0 Å². The number of primary amides is 1. The molecule has 1 aromatic carbocycles. The average molecular weight is 352 g/mol. The second-order valence-electron chi connectivity index (χ2n) is 6.20. The van der Waals surface area contributed by atoms with Gasteiger partial charge >= 0.3 is 11.8 Å². The Morgan fingerprint density at radius 1 is 1.12 bits per heavy atom. The van der Waals surface area contributed by atoms with Gasteiger partial charge < -0.3 is 16.0 Å². The van der Waals surface area contributed by atoms with E-state index in [2.05, 4.69) is 10.3 Å². The summed E-state index contributed by atoms with van der Waals surface area (Å²) in [6, 6.07) is 11.0. The zero-order chi connectivity index (χ0) is 18.5. The Labute approximate surface area is 151 Å². The van der Waals surface area contributed by atoms with Gasteiger partial charge in [0.2, 0.25) is 5.91 Å². The Kier molecular flexibility index (Phi) is 5.26. The summed E-state index contributed by atoms with van der Waals surface area (Å²) in [5.74, 6) is -2.00. The van der Waals surface area contributed by atoms with Crippen LogP contribution in [0.25, 0.3) is 0 Å². The van der Waals surface area contributed by atoms with Crippen LogP contribution in [0.3, 0.4) is 0 Å². The number of piperidine rings is 1. The highest BCUT2D eigenvalue weighted by molar-refractivity contribution is 6.39. The first kappa shape index (κ1) is 17.6. The Morgan fingerprint density at radius 3 is 2.62 bits per heavy atom. The molecule has 134 valence electrons. The topological polar surface area (TPSA) is 105 Å². The van der Waals surface area contributed by atoms with Gasteiger partial charge in [0, 0.05) is 12.7 Å². The van der Waals surface area contributed by atoms with Crippen LogP contribution in [-0.4, -0.2) is 34.2 Å². The van der Waals surface area contributed by atoms with Gasteiger partial charge in [0.05, 0.1) is 23.5 Å². The van der Waals surface area contributed by atoms with Crippen LogP contribution in [0.4, 0.5) is 5.69 Å². The summed E-state index contributed by atoms with van der Waals surface area (Å²) in [6.45, 7) is 0.533. The third-order valence-corrected chi connectivity index (χ3v) is 4.42. The largest absolute Gasteiger partial charge is 0.366 e. The molecule has 2 heterocycles. The molecule has 1 aromatic heterocycles. The standard InChI is InChI=1S/C19H20N4O3/c20-17(24)14-10-15(12-21-11-14)22-18(25)19(26)23-9-5-4-8-16(23)13-6-2-1-3-7-13/h1-3,6-7,10-12,16H,4-5,8-9H2,(H2,20,24)(H,22,25). The number of hydrogen-bond acceptors (Lipinski definition) is 4. The van der Waals surface area contributed by atoms with E-state index < -0.39 is 17.7 Å². The second-order valence-corrected chi connectivity index (χ2v) is 6.20. The van der Waals surface area contributed by atoms with E-state index >= 15 is 0 Å². The van der Waals surface area contributed by atoms with Crippen molar-refractivity contribution >= 4 is 23.4 Å². The van der Waals surface area contributed by atoms with Crippen LogP contribution in [0, 0.1) is 0 Å². The Bertz CT molecular complexity index is 823. The summed E-state index contributed by atoms with van der Waals surface area (Å²) in [7, 11) is 0. The lowest BCUT2D eigenvalue weighted by Crippen LogP contribution is -2.44. The minimum Gasteiger partial charge on any atom is -0.366 e. The van der Waals surface area contributed by atoms with Crippen molar-refractivity contribution < 1.29 is 14.4 Å². The van der Waals surface area contributed by atoms with Crippen LogP contribution in [0.15, 0.2) is 48.8 Å². The number of amides is 3. The van der Waals surface area contributed by atoms with Crippen molar-refractivity contribution in [2.75, 3.05) is 11.9 Å². The average Bonchev–Trinajstić information content (AvgIpc) is 2.68. The van der Waals surface area contributed by atoms with Crippen LogP contribution in [0.1, 0.15) is 41.2 Å². The zero-order valence-electron chi connectivity index (χ0n) is 14.2. The first-order valence-corrected chi connectivity index (χ1v) is 8.48. The fourth-order valence-electron chi connectivity index (χ4n) is 3.15. The maximum atomic E-state index is 12.7. The van der Waals surface area contributed by atoms with Crippen molar-refractivity contribution in [2.24, 2.45) is 5.73 Å². The first-order valence-electron chi connectivity index (χ1n) is 8.48. The number of likely N-dealkylation sites (tertiary alicyclic amines) is 1. The lowest BCUT2D eigenvalue weighted by atomic mass is 9.95. The number of aromatic nitrogens is 1. The van der Waals surface area contributed by atoms with Crippen LogP contribution in [-0.2, 0) is 9.59 Å². The molecule has 2 aromatic rings. The van der Waals surface area contributed by atoms with Gasteiger partial charge in [-0.15, -0.1) is 0 Å². The van der Waals surface area contributed by atoms with Gasteiger partial charge in [0.1, 0.15) is 0 Å². The SMILES string of the molecule is NC(=O)c1cncc(NC(=O)C(=O)N2CCCCC2c2ccccc2)c1. The smallest absolute Gasteiger partial charge is 0.313 e. The molecule has 3 amide bonds. The van der Waals surface area contributed by atoms with E-state index in [1.165, 1.54) is 18.5 Å². The molecule has 3 rings (SSSR count). The molecule has 0 saturated carbocycles. The Hall–Kier alpha value is -3.22. The molecule has 1 fully saturated rings. The molecule has 26 heavy (non-hydrogen) atoms. The van der Waals surface area contributed by atoms with Crippen molar-refractivity contribution in [3.05, 3.63) is 59.9 Å². The summed E-state index contributed by atoms with van der Waals surface area (Å²) in [5, 5.41) is 2.51. The van der Waals surface area contributed by atoms with E-state index in [-0.39, 0.29) is 17.3 Å². The van der Waals surface area contributed by atoms with Gasteiger partial charge in [-0.05, 0) is 30.9 Å². The van der Waals surface area contributed by atoms with Crippen molar-refractivity contribution in [1.29, 1.82) is 0 Å². The monoisotopic (exact) mass is 352 g/mol. The first-order chi connectivity index (χ1) is 12.6. The second kappa shape index (κ2) is 7.77.